The standard InChI is InChI=1S/C11H18O3/c1-3-6-13-10-5-8-12-9-11(10)14-7-4-2/h5,8H,3-4,6-7,9H2,1-2H3. The Kier molecular flexibility index (Phi) is 4.97. The van der Waals surface area contributed by atoms with Gasteiger partial charge in [-0.05, 0) is 12.8 Å². The van der Waals surface area contributed by atoms with Crippen LogP contribution in [0, 0.1) is 0 Å². The van der Waals surface area contributed by atoms with Crippen LogP contribution in [0.2, 0.25) is 0 Å². The molecule has 0 amide bonds. The van der Waals surface area contributed by atoms with Crippen LogP contribution in [0.3, 0.4) is 0 Å². The van der Waals surface area contributed by atoms with Crippen molar-refractivity contribution in [1.82, 2.24) is 0 Å². The van der Waals surface area contributed by atoms with E-state index < -0.39 is 0 Å². The first-order valence-corrected chi connectivity index (χ1v) is 5.15. The highest BCUT2D eigenvalue weighted by Gasteiger charge is 2.11. The zero-order valence-corrected chi connectivity index (χ0v) is 8.91. The summed E-state index contributed by atoms with van der Waals surface area (Å²) in [6.45, 7) is 6.07. The highest BCUT2D eigenvalue weighted by atomic mass is 16.5. The van der Waals surface area contributed by atoms with E-state index in [0.29, 0.717) is 13.2 Å². The Bertz CT molecular complexity index is 219. The average molecular weight is 198 g/mol. The molecule has 1 heterocycles. The molecule has 14 heavy (non-hydrogen) atoms. The summed E-state index contributed by atoms with van der Waals surface area (Å²) in [7, 11) is 0. The molecule has 3 heteroatoms. The maximum absolute atomic E-state index is 5.53. The molecule has 80 valence electrons. The molecule has 0 spiro atoms. The molecule has 0 fully saturated rings. The summed E-state index contributed by atoms with van der Waals surface area (Å²) in [6.07, 6.45) is 5.45. The molecular weight excluding hydrogens is 180 g/mol. The van der Waals surface area contributed by atoms with Gasteiger partial charge in [0.05, 0.1) is 19.5 Å². The summed E-state index contributed by atoms with van der Waals surface area (Å²) < 4.78 is 16.2. The second-order valence-electron chi connectivity index (χ2n) is 3.10. The molecule has 3 nitrogen and oxygen atoms in total. The Morgan fingerprint density at radius 3 is 2.64 bits per heavy atom. The van der Waals surface area contributed by atoms with Crippen molar-refractivity contribution in [2.24, 2.45) is 0 Å². The van der Waals surface area contributed by atoms with E-state index in [2.05, 4.69) is 13.8 Å². The number of hydrogen-bond acceptors (Lipinski definition) is 3. The van der Waals surface area contributed by atoms with E-state index in [1.54, 1.807) is 6.26 Å². The van der Waals surface area contributed by atoms with E-state index in [0.717, 1.165) is 31.0 Å². The van der Waals surface area contributed by atoms with Gasteiger partial charge in [-0.25, -0.2) is 0 Å². The molecule has 1 aliphatic rings. The minimum Gasteiger partial charge on any atom is -0.493 e. The smallest absolute Gasteiger partial charge is 0.175 e. The highest BCUT2D eigenvalue weighted by molar-refractivity contribution is 5.18. The third kappa shape index (κ3) is 3.32. The van der Waals surface area contributed by atoms with Gasteiger partial charge in [0, 0.05) is 6.08 Å². The van der Waals surface area contributed by atoms with Gasteiger partial charge >= 0.3 is 0 Å². The van der Waals surface area contributed by atoms with Crippen LogP contribution in [0.25, 0.3) is 0 Å². The van der Waals surface area contributed by atoms with Crippen LogP contribution in [0.4, 0.5) is 0 Å². The van der Waals surface area contributed by atoms with Gasteiger partial charge in [-0.2, -0.15) is 0 Å². The fourth-order valence-corrected chi connectivity index (χ4v) is 1.08. The molecule has 0 aromatic heterocycles. The van der Waals surface area contributed by atoms with Gasteiger partial charge in [0.25, 0.3) is 0 Å². The van der Waals surface area contributed by atoms with Crippen molar-refractivity contribution in [2.75, 3.05) is 19.8 Å². The summed E-state index contributed by atoms with van der Waals surface area (Å²) in [5, 5.41) is 0. The summed E-state index contributed by atoms with van der Waals surface area (Å²) in [5.41, 5.74) is 0. The molecule has 0 atom stereocenters. The Morgan fingerprint density at radius 2 is 1.93 bits per heavy atom. The quantitative estimate of drug-likeness (QED) is 0.656. The lowest BCUT2D eigenvalue weighted by Crippen LogP contribution is -2.09. The van der Waals surface area contributed by atoms with Crippen LogP contribution in [-0.2, 0) is 14.2 Å². The molecule has 0 unspecified atom stereocenters. The van der Waals surface area contributed by atoms with E-state index in [-0.39, 0.29) is 0 Å². The average Bonchev–Trinajstić information content (AvgIpc) is 2.24. The SMILES string of the molecule is CCCOC1=C(OCCC)COC=C1. The minimum absolute atomic E-state index is 0.482. The number of rotatable bonds is 6. The molecule has 0 N–H and O–H groups in total. The predicted octanol–water partition coefficient (Wildman–Crippen LogP) is 2.60. The molecule has 0 aromatic carbocycles. The first-order chi connectivity index (χ1) is 6.88. The maximum atomic E-state index is 5.53. The van der Waals surface area contributed by atoms with Crippen LogP contribution >= 0.6 is 0 Å². The highest BCUT2D eigenvalue weighted by Crippen LogP contribution is 2.15. The van der Waals surface area contributed by atoms with E-state index >= 15 is 0 Å². The number of allylic oxidation sites excluding steroid dienone is 1. The van der Waals surface area contributed by atoms with Crippen molar-refractivity contribution >= 4 is 0 Å². The molecular formula is C11H18O3. The third-order valence-electron chi connectivity index (χ3n) is 1.75. The van der Waals surface area contributed by atoms with Crippen LogP contribution in [0.1, 0.15) is 26.7 Å². The van der Waals surface area contributed by atoms with E-state index in [1.807, 2.05) is 6.08 Å². The Morgan fingerprint density at radius 1 is 1.21 bits per heavy atom. The van der Waals surface area contributed by atoms with Crippen molar-refractivity contribution in [2.45, 2.75) is 26.7 Å². The fourth-order valence-electron chi connectivity index (χ4n) is 1.08. The van der Waals surface area contributed by atoms with E-state index in [9.17, 15) is 0 Å². The minimum atomic E-state index is 0.482. The predicted molar refractivity (Wildman–Crippen MR) is 54.6 cm³/mol. The van der Waals surface area contributed by atoms with Crippen LogP contribution in [0.15, 0.2) is 23.9 Å². The summed E-state index contributed by atoms with van der Waals surface area (Å²) in [5.74, 6) is 1.62. The molecule has 0 saturated carbocycles. The molecule has 1 rings (SSSR count). The van der Waals surface area contributed by atoms with Crippen molar-refractivity contribution in [1.29, 1.82) is 0 Å². The second kappa shape index (κ2) is 6.35. The van der Waals surface area contributed by atoms with Gasteiger partial charge in [-0.1, -0.05) is 13.8 Å². The van der Waals surface area contributed by atoms with Crippen molar-refractivity contribution in [3.63, 3.8) is 0 Å². The number of ether oxygens (including phenoxy) is 3. The number of hydrogen-bond donors (Lipinski definition) is 0. The molecule has 0 radical (unpaired) electrons. The molecule has 1 aliphatic heterocycles. The first-order valence-electron chi connectivity index (χ1n) is 5.15. The van der Waals surface area contributed by atoms with Gasteiger partial charge < -0.3 is 14.2 Å². The lowest BCUT2D eigenvalue weighted by atomic mass is 10.3. The molecule has 0 aromatic rings. The summed E-state index contributed by atoms with van der Waals surface area (Å²) in [4.78, 5) is 0. The Labute approximate surface area is 85.3 Å². The molecule has 0 bridgehead atoms. The first kappa shape index (κ1) is 11.0. The van der Waals surface area contributed by atoms with Crippen molar-refractivity contribution in [3.8, 4) is 0 Å². The van der Waals surface area contributed by atoms with E-state index in [4.69, 9.17) is 14.2 Å². The maximum Gasteiger partial charge on any atom is 0.175 e. The monoisotopic (exact) mass is 198 g/mol. The topological polar surface area (TPSA) is 27.7 Å². The zero-order valence-electron chi connectivity index (χ0n) is 8.91. The van der Waals surface area contributed by atoms with Gasteiger partial charge in [-0.3, -0.25) is 0 Å². The molecule has 0 saturated heterocycles. The normalized spacial score (nSPS) is 15.3. The van der Waals surface area contributed by atoms with Gasteiger partial charge in [0.15, 0.2) is 11.5 Å². The third-order valence-corrected chi connectivity index (χ3v) is 1.75. The Hall–Kier alpha value is -1.12. The fraction of sp³-hybridized carbons (Fsp3) is 0.636. The largest absolute Gasteiger partial charge is 0.493 e. The van der Waals surface area contributed by atoms with Gasteiger partial charge in [-0.15, -0.1) is 0 Å². The summed E-state index contributed by atoms with van der Waals surface area (Å²) >= 11 is 0. The van der Waals surface area contributed by atoms with Crippen LogP contribution < -0.4 is 0 Å². The van der Waals surface area contributed by atoms with Crippen LogP contribution in [-0.4, -0.2) is 19.8 Å². The zero-order chi connectivity index (χ0) is 10.2. The lowest BCUT2D eigenvalue weighted by molar-refractivity contribution is 0.110. The van der Waals surface area contributed by atoms with Crippen molar-refractivity contribution < 1.29 is 14.2 Å². The van der Waals surface area contributed by atoms with Crippen molar-refractivity contribution in [3.05, 3.63) is 23.9 Å². The van der Waals surface area contributed by atoms with Crippen LogP contribution in [0.5, 0.6) is 0 Å². The van der Waals surface area contributed by atoms with E-state index in [1.165, 1.54) is 0 Å². The van der Waals surface area contributed by atoms with Gasteiger partial charge in [0.2, 0.25) is 0 Å². The summed E-state index contributed by atoms with van der Waals surface area (Å²) in [6, 6.07) is 0. The Balaban J connectivity index is 2.51. The molecule has 0 aliphatic carbocycles. The van der Waals surface area contributed by atoms with Gasteiger partial charge in [0.1, 0.15) is 6.61 Å². The second-order valence-corrected chi connectivity index (χ2v) is 3.10. The lowest BCUT2D eigenvalue weighted by Gasteiger charge is -2.17.